The van der Waals surface area contributed by atoms with Crippen molar-refractivity contribution < 1.29 is 14.7 Å². The largest absolute Gasteiger partial charge is 0.493 e. The Morgan fingerprint density at radius 2 is 2.21 bits per heavy atom. The first-order chi connectivity index (χ1) is 9.33. The summed E-state index contributed by atoms with van der Waals surface area (Å²) >= 11 is 0. The number of nitrogens with zero attached hydrogens (tertiary/aromatic N) is 2. The Balaban J connectivity index is 2.15. The van der Waals surface area contributed by atoms with Gasteiger partial charge in [0.2, 0.25) is 0 Å². The van der Waals surface area contributed by atoms with Gasteiger partial charge in [-0.2, -0.15) is 0 Å². The summed E-state index contributed by atoms with van der Waals surface area (Å²) in [5, 5.41) is 11.5. The highest BCUT2D eigenvalue weighted by molar-refractivity contribution is 5.80. The molecule has 5 heteroatoms. The van der Waals surface area contributed by atoms with E-state index in [-0.39, 0.29) is 0 Å². The predicted octanol–water partition coefficient (Wildman–Crippen LogP) is 2.48. The Hall–Kier alpha value is -2.56. The molecule has 0 atom stereocenters. The van der Waals surface area contributed by atoms with Gasteiger partial charge in [0.1, 0.15) is 6.61 Å². The van der Waals surface area contributed by atoms with E-state index in [9.17, 15) is 0 Å². The topological polar surface area (TPSA) is 63.9 Å². The third-order valence-corrected chi connectivity index (χ3v) is 2.51. The van der Waals surface area contributed by atoms with Crippen molar-refractivity contribution in [1.29, 1.82) is 0 Å². The molecule has 98 valence electrons. The molecule has 1 N–H and O–H groups in total. The highest BCUT2D eigenvalue weighted by Crippen LogP contribution is 2.28. The van der Waals surface area contributed by atoms with Crippen LogP contribution in [-0.4, -0.2) is 23.5 Å². The molecule has 2 aromatic rings. The summed E-state index contributed by atoms with van der Waals surface area (Å²) in [6.45, 7) is 0.393. The van der Waals surface area contributed by atoms with E-state index in [1.807, 2.05) is 12.1 Å². The van der Waals surface area contributed by atoms with Gasteiger partial charge in [0.05, 0.1) is 13.3 Å². The molecule has 1 heterocycles. The summed E-state index contributed by atoms with van der Waals surface area (Å²) in [4.78, 5) is 4.02. The molecule has 19 heavy (non-hydrogen) atoms. The second-order valence-electron chi connectivity index (χ2n) is 3.80. The van der Waals surface area contributed by atoms with Crippen LogP contribution in [0.4, 0.5) is 0 Å². The fraction of sp³-hybridized carbons (Fsp3) is 0.143. The Kier molecular flexibility index (Phi) is 4.34. The molecule has 1 aromatic carbocycles. The van der Waals surface area contributed by atoms with Crippen molar-refractivity contribution in [2.75, 3.05) is 7.11 Å². The minimum atomic E-state index is 0.393. The quantitative estimate of drug-likeness (QED) is 0.508. The minimum Gasteiger partial charge on any atom is -0.493 e. The number of oxime groups is 1. The first kappa shape index (κ1) is 12.9. The van der Waals surface area contributed by atoms with Gasteiger partial charge in [-0.1, -0.05) is 11.2 Å². The second kappa shape index (κ2) is 6.39. The fourth-order valence-corrected chi connectivity index (χ4v) is 1.60. The van der Waals surface area contributed by atoms with Gasteiger partial charge in [0, 0.05) is 23.5 Å². The van der Waals surface area contributed by atoms with Crippen LogP contribution < -0.4 is 9.47 Å². The standard InChI is InChI=1S/C14H14N2O3/c1-18-13-5-4-11(9-16-17)7-14(13)19-10-12-3-2-6-15-8-12/h2-9,17H,10H2,1H3/b16-9+. The molecule has 2 rings (SSSR count). The van der Waals surface area contributed by atoms with Crippen LogP contribution in [0.2, 0.25) is 0 Å². The van der Waals surface area contributed by atoms with Crippen molar-refractivity contribution in [2.24, 2.45) is 5.16 Å². The zero-order valence-corrected chi connectivity index (χ0v) is 10.5. The summed E-state index contributed by atoms with van der Waals surface area (Å²) in [7, 11) is 1.58. The van der Waals surface area contributed by atoms with Crippen LogP contribution in [0.25, 0.3) is 0 Å². The SMILES string of the molecule is COc1ccc(/C=N/O)cc1OCc1cccnc1. The van der Waals surface area contributed by atoms with Crippen molar-refractivity contribution in [3.05, 3.63) is 53.9 Å². The number of ether oxygens (including phenoxy) is 2. The zero-order chi connectivity index (χ0) is 13.5. The summed E-state index contributed by atoms with van der Waals surface area (Å²) < 4.78 is 10.9. The average molecular weight is 258 g/mol. The number of aromatic nitrogens is 1. The molecule has 0 saturated carbocycles. The summed E-state index contributed by atoms with van der Waals surface area (Å²) in [6, 6.07) is 9.06. The number of benzene rings is 1. The first-order valence-electron chi connectivity index (χ1n) is 5.70. The van der Waals surface area contributed by atoms with E-state index in [0.717, 1.165) is 11.1 Å². The normalized spacial score (nSPS) is 10.6. The Morgan fingerprint density at radius 3 is 2.89 bits per heavy atom. The average Bonchev–Trinajstić information content (AvgIpc) is 2.47. The predicted molar refractivity (Wildman–Crippen MR) is 70.9 cm³/mol. The highest BCUT2D eigenvalue weighted by Gasteiger charge is 2.05. The molecule has 0 radical (unpaired) electrons. The van der Waals surface area contributed by atoms with Gasteiger partial charge in [-0.25, -0.2) is 0 Å². The molecule has 0 spiro atoms. The van der Waals surface area contributed by atoms with Crippen molar-refractivity contribution >= 4 is 6.21 Å². The van der Waals surface area contributed by atoms with Gasteiger partial charge in [0.25, 0.3) is 0 Å². The van der Waals surface area contributed by atoms with E-state index in [1.54, 1.807) is 37.7 Å². The van der Waals surface area contributed by atoms with E-state index in [1.165, 1.54) is 6.21 Å². The number of methoxy groups -OCH3 is 1. The summed E-state index contributed by atoms with van der Waals surface area (Å²) in [5.41, 5.74) is 1.69. The van der Waals surface area contributed by atoms with Gasteiger partial charge in [0.15, 0.2) is 11.5 Å². The minimum absolute atomic E-state index is 0.393. The third kappa shape index (κ3) is 3.45. The number of rotatable bonds is 5. The molecule has 0 aliphatic rings. The maximum absolute atomic E-state index is 8.53. The maximum atomic E-state index is 8.53. The van der Waals surface area contributed by atoms with E-state index >= 15 is 0 Å². The smallest absolute Gasteiger partial charge is 0.162 e. The van der Waals surface area contributed by atoms with Gasteiger partial charge in [-0.05, 0) is 24.3 Å². The molecule has 0 fully saturated rings. The van der Waals surface area contributed by atoms with Crippen LogP contribution in [0, 0.1) is 0 Å². The molecule has 0 bridgehead atoms. The summed E-state index contributed by atoms with van der Waals surface area (Å²) in [6.07, 6.45) is 4.78. The lowest BCUT2D eigenvalue weighted by Crippen LogP contribution is -1.99. The third-order valence-electron chi connectivity index (χ3n) is 2.51. The lowest BCUT2D eigenvalue weighted by molar-refractivity contribution is 0.284. The Bertz CT molecular complexity index is 556. The molecule has 0 aliphatic carbocycles. The molecule has 0 unspecified atom stereocenters. The van der Waals surface area contributed by atoms with E-state index in [0.29, 0.717) is 18.1 Å². The molecule has 5 nitrogen and oxygen atoms in total. The summed E-state index contributed by atoms with van der Waals surface area (Å²) in [5.74, 6) is 1.21. The molecule has 0 saturated heterocycles. The van der Waals surface area contributed by atoms with Crippen LogP contribution >= 0.6 is 0 Å². The fourth-order valence-electron chi connectivity index (χ4n) is 1.60. The van der Waals surface area contributed by atoms with Gasteiger partial charge < -0.3 is 14.7 Å². The monoisotopic (exact) mass is 258 g/mol. The van der Waals surface area contributed by atoms with Crippen molar-refractivity contribution in [3.63, 3.8) is 0 Å². The van der Waals surface area contributed by atoms with Crippen LogP contribution in [-0.2, 0) is 6.61 Å². The molecular weight excluding hydrogens is 244 g/mol. The van der Waals surface area contributed by atoms with Crippen LogP contribution in [0.15, 0.2) is 47.9 Å². The van der Waals surface area contributed by atoms with Crippen LogP contribution in [0.3, 0.4) is 0 Å². The molecule has 0 amide bonds. The number of pyridine rings is 1. The maximum Gasteiger partial charge on any atom is 0.162 e. The Morgan fingerprint density at radius 1 is 1.32 bits per heavy atom. The Labute approximate surface area is 111 Å². The molecular formula is C14H14N2O3. The van der Waals surface area contributed by atoms with Gasteiger partial charge >= 0.3 is 0 Å². The van der Waals surface area contributed by atoms with Crippen molar-refractivity contribution in [1.82, 2.24) is 4.98 Å². The molecule has 1 aromatic heterocycles. The van der Waals surface area contributed by atoms with Gasteiger partial charge in [-0.3, -0.25) is 4.98 Å². The van der Waals surface area contributed by atoms with E-state index in [2.05, 4.69) is 10.1 Å². The van der Waals surface area contributed by atoms with Crippen molar-refractivity contribution in [3.8, 4) is 11.5 Å². The molecule has 0 aliphatic heterocycles. The van der Waals surface area contributed by atoms with Crippen molar-refractivity contribution in [2.45, 2.75) is 6.61 Å². The van der Waals surface area contributed by atoms with Crippen LogP contribution in [0.1, 0.15) is 11.1 Å². The number of hydrogen-bond acceptors (Lipinski definition) is 5. The lowest BCUT2D eigenvalue weighted by Gasteiger charge is -2.11. The van der Waals surface area contributed by atoms with E-state index < -0.39 is 0 Å². The van der Waals surface area contributed by atoms with E-state index in [4.69, 9.17) is 14.7 Å². The first-order valence-corrected chi connectivity index (χ1v) is 5.70. The van der Waals surface area contributed by atoms with Crippen LogP contribution in [0.5, 0.6) is 11.5 Å². The second-order valence-corrected chi connectivity index (χ2v) is 3.80. The number of hydrogen-bond donors (Lipinski definition) is 1. The lowest BCUT2D eigenvalue weighted by atomic mass is 10.2. The highest BCUT2D eigenvalue weighted by atomic mass is 16.5. The zero-order valence-electron chi connectivity index (χ0n) is 10.5. The van der Waals surface area contributed by atoms with Gasteiger partial charge in [-0.15, -0.1) is 0 Å².